The zero-order valence-corrected chi connectivity index (χ0v) is 13.4. The number of methoxy groups -OCH3 is 1. The number of nitrogens with zero attached hydrogens (tertiary/aromatic N) is 1. The van der Waals surface area contributed by atoms with Crippen molar-refractivity contribution in [2.75, 3.05) is 7.11 Å². The molecule has 1 atom stereocenters. The SMILES string of the molecule is CCC(C)(NC(=O)c1cc(Cl)c2ccccc2n1)C(=O)OC. The van der Waals surface area contributed by atoms with Crippen molar-refractivity contribution in [3.63, 3.8) is 0 Å². The fourth-order valence-corrected chi connectivity index (χ4v) is 2.34. The van der Waals surface area contributed by atoms with Crippen LogP contribution in [0.25, 0.3) is 10.9 Å². The summed E-state index contributed by atoms with van der Waals surface area (Å²) < 4.78 is 4.74. The molecule has 6 heteroatoms. The number of carbonyl (C=O) groups excluding carboxylic acids is 2. The molecule has 5 nitrogen and oxygen atoms in total. The lowest BCUT2D eigenvalue weighted by Gasteiger charge is -2.26. The number of fused-ring (bicyclic) bond motifs is 1. The maximum Gasteiger partial charge on any atom is 0.331 e. The Morgan fingerprint density at radius 1 is 1.36 bits per heavy atom. The lowest BCUT2D eigenvalue weighted by molar-refractivity contribution is -0.147. The highest BCUT2D eigenvalue weighted by Crippen LogP contribution is 2.23. The van der Waals surface area contributed by atoms with Gasteiger partial charge in [-0.05, 0) is 25.5 Å². The first-order valence-electron chi connectivity index (χ1n) is 6.87. The Morgan fingerprint density at radius 2 is 2.05 bits per heavy atom. The van der Waals surface area contributed by atoms with Gasteiger partial charge in [-0.3, -0.25) is 4.79 Å². The molecule has 2 aromatic rings. The molecule has 1 N–H and O–H groups in total. The standard InChI is InChI=1S/C16H17ClN2O3/c1-4-16(2,15(21)22-3)19-14(20)13-9-11(17)10-7-5-6-8-12(10)18-13/h5-9H,4H2,1-3H3,(H,19,20). The van der Waals surface area contributed by atoms with Gasteiger partial charge >= 0.3 is 5.97 Å². The van der Waals surface area contributed by atoms with Gasteiger partial charge in [0.25, 0.3) is 5.91 Å². The van der Waals surface area contributed by atoms with Crippen molar-refractivity contribution in [3.05, 3.63) is 41.0 Å². The second-order valence-corrected chi connectivity index (χ2v) is 5.55. The van der Waals surface area contributed by atoms with Gasteiger partial charge in [0.15, 0.2) is 0 Å². The average Bonchev–Trinajstić information content (AvgIpc) is 2.53. The van der Waals surface area contributed by atoms with E-state index in [2.05, 4.69) is 10.3 Å². The summed E-state index contributed by atoms with van der Waals surface area (Å²) in [6.45, 7) is 3.40. The number of pyridine rings is 1. The van der Waals surface area contributed by atoms with E-state index in [1.54, 1.807) is 19.9 Å². The minimum absolute atomic E-state index is 0.160. The van der Waals surface area contributed by atoms with Crippen molar-refractivity contribution in [2.45, 2.75) is 25.8 Å². The molecule has 0 saturated carbocycles. The Kier molecular flexibility index (Phi) is 4.66. The molecule has 22 heavy (non-hydrogen) atoms. The molecule has 1 amide bonds. The number of ether oxygens (including phenoxy) is 1. The highest BCUT2D eigenvalue weighted by atomic mass is 35.5. The quantitative estimate of drug-likeness (QED) is 0.879. The highest BCUT2D eigenvalue weighted by Gasteiger charge is 2.34. The average molecular weight is 321 g/mol. The minimum atomic E-state index is -1.11. The van der Waals surface area contributed by atoms with Crippen LogP contribution in [0.1, 0.15) is 30.8 Å². The maximum absolute atomic E-state index is 12.4. The lowest BCUT2D eigenvalue weighted by atomic mass is 9.99. The molecule has 0 spiro atoms. The Morgan fingerprint density at radius 3 is 2.68 bits per heavy atom. The van der Waals surface area contributed by atoms with E-state index in [4.69, 9.17) is 16.3 Å². The molecule has 1 aromatic carbocycles. The van der Waals surface area contributed by atoms with E-state index in [0.717, 1.165) is 5.39 Å². The molecule has 1 aromatic heterocycles. The van der Waals surface area contributed by atoms with Crippen molar-refractivity contribution in [1.29, 1.82) is 0 Å². The Balaban J connectivity index is 2.35. The fourth-order valence-electron chi connectivity index (χ4n) is 2.07. The van der Waals surface area contributed by atoms with E-state index < -0.39 is 17.4 Å². The molecule has 0 aliphatic heterocycles. The van der Waals surface area contributed by atoms with Gasteiger partial charge in [-0.1, -0.05) is 36.7 Å². The number of halogens is 1. The smallest absolute Gasteiger partial charge is 0.331 e. The van der Waals surface area contributed by atoms with E-state index in [1.807, 2.05) is 18.2 Å². The first kappa shape index (κ1) is 16.2. The topological polar surface area (TPSA) is 68.3 Å². The van der Waals surface area contributed by atoms with E-state index >= 15 is 0 Å². The van der Waals surface area contributed by atoms with Crippen LogP contribution in [0.2, 0.25) is 5.02 Å². The summed E-state index contributed by atoms with van der Waals surface area (Å²) >= 11 is 6.19. The van der Waals surface area contributed by atoms with Crippen LogP contribution in [0.15, 0.2) is 30.3 Å². The van der Waals surface area contributed by atoms with Gasteiger partial charge in [0.2, 0.25) is 0 Å². The van der Waals surface area contributed by atoms with E-state index in [9.17, 15) is 9.59 Å². The van der Waals surface area contributed by atoms with Crippen LogP contribution < -0.4 is 5.32 Å². The van der Waals surface area contributed by atoms with Crippen LogP contribution >= 0.6 is 11.6 Å². The summed E-state index contributed by atoms with van der Waals surface area (Å²) in [5, 5.41) is 3.87. The summed E-state index contributed by atoms with van der Waals surface area (Å²) in [6, 6.07) is 8.76. The van der Waals surface area contributed by atoms with Crippen molar-refractivity contribution in [1.82, 2.24) is 10.3 Å². The summed E-state index contributed by atoms with van der Waals surface area (Å²) in [5.41, 5.74) is -0.324. The maximum atomic E-state index is 12.4. The number of amides is 1. The third kappa shape index (κ3) is 3.04. The van der Waals surface area contributed by atoms with Gasteiger partial charge < -0.3 is 10.1 Å². The summed E-state index contributed by atoms with van der Waals surface area (Å²) in [6.07, 6.45) is 0.396. The monoisotopic (exact) mass is 320 g/mol. The van der Waals surface area contributed by atoms with Gasteiger partial charge in [-0.2, -0.15) is 0 Å². The number of hydrogen-bond acceptors (Lipinski definition) is 4. The number of para-hydroxylation sites is 1. The van der Waals surface area contributed by atoms with Crippen LogP contribution in [-0.4, -0.2) is 29.5 Å². The molecule has 0 radical (unpaired) electrons. The van der Waals surface area contributed by atoms with Crippen LogP contribution in [0.4, 0.5) is 0 Å². The molecule has 0 aliphatic carbocycles. The number of hydrogen-bond donors (Lipinski definition) is 1. The van der Waals surface area contributed by atoms with Gasteiger partial charge in [0, 0.05) is 5.39 Å². The largest absolute Gasteiger partial charge is 0.467 e. The van der Waals surface area contributed by atoms with E-state index in [1.165, 1.54) is 13.2 Å². The van der Waals surface area contributed by atoms with Crippen molar-refractivity contribution in [3.8, 4) is 0 Å². The van der Waals surface area contributed by atoms with Crippen LogP contribution in [0.5, 0.6) is 0 Å². The molecule has 116 valence electrons. The minimum Gasteiger partial charge on any atom is -0.467 e. The highest BCUT2D eigenvalue weighted by molar-refractivity contribution is 6.35. The van der Waals surface area contributed by atoms with Crippen molar-refractivity contribution < 1.29 is 14.3 Å². The third-order valence-electron chi connectivity index (χ3n) is 3.63. The molecular formula is C16H17ClN2O3. The second-order valence-electron chi connectivity index (χ2n) is 5.14. The molecule has 0 bridgehead atoms. The van der Waals surface area contributed by atoms with E-state index in [-0.39, 0.29) is 5.69 Å². The number of aromatic nitrogens is 1. The second kappa shape index (κ2) is 6.32. The molecule has 0 saturated heterocycles. The van der Waals surface area contributed by atoms with Gasteiger partial charge in [0.1, 0.15) is 11.2 Å². The molecule has 1 unspecified atom stereocenters. The van der Waals surface area contributed by atoms with Crippen molar-refractivity contribution in [2.24, 2.45) is 0 Å². The van der Waals surface area contributed by atoms with Crippen LogP contribution in [-0.2, 0) is 9.53 Å². The Hall–Kier alpha value is -2.14. The molecule has 1 heterocycles. The number of esters is 1. The van der Waals surface area contributed by atoms with Crippen molar-refractivity contribution >= 4 is 34.4 Å². The molecule has 2 rings (SSSR count). The fraction of sp³-hybridized carbons (Fsp3) is 0.312. The van der Waals surface area contributed by atoms with Crippen LogP contribution in [0.3, 0.4) is 0 Å². The lowest BCUT2D eigenvalue weighted by Crippen LogP contribution is -2.52. The molecular weight excluding hydrogens is 304 g/mol. The number of benzene rings is 1. The molecule has 0 fully saturated rings. The summed E-state index contributed by atoms with van der Waals surface area (Å²) in [5.74, 6) is -0.974. The predicted molar refractivity (Wildman–Crippen MR) is 84.9 cm³/mol. The predicted octanol–water partition coefficient (Wildman–Crippen LogP) is 2.96. The number of carbonyl (C=O) groups is 2. The number of rotatable bonds is 4. The Bertz CT molecular complexity index is 732. The summed E-state index contributed by atoms with van der Waals surface area (Å²) in [7, 11) is 1.29. The third-order valence-corrected chi connectivity index (χ3v) is 3.94. The first-order chi connectivity index (χ1) is 10.4. The van der Waals surface area contributed by atoms with Gasteiger partial charge in [0.05, 0.1) is 17.6 Å². The van der Waals surface area contributed by atoms with Gasteiger partial charge in [-0.25, -0.2) is 9.78 Å². The molecule has 0 aliphatic rings. The zero-order chi connectivity index (χ0) is 16.3. The summed E-state index contributed by atoms with van der Waals surface area (Å²) in [4.78, 5) is 28.5. The number of nitrogens with one attached hydrogen (secondary N) is 1. The Labute approximate surface area is 133 Å². The first-order valence-corrected chi connectivity index (χ1v) is 7.25. The van der Waals surface area contributed by atoms with Crippen LogP contribution in [0, 0.1) is 0 Å². The zero-order valence-electron chi connectivity index (χ0n) is 12.6. The van der Waals surface area contributed by atoms with E-state index in [0.29, 0.717) is 17.0 Å². The normalized spacial score (nSPS) is 13.5. The van der Waals surface area contributed by atoms with Gasteiger partial charge in [-0.15, -0.1) is 0 Å².